The average molecular weight is 502 g/mol. The van der Waals surface area contributed by atoms with Gasteiger partial charge in [0.2, 0.25) is 0 Å². The van der Waals surface area contributed by atoms with Gasteiger partial charge in [0.1, 0.15) is 0 Å². The fraction of sp³-hybridized carbons (Fsp3) is 0. The van der Waals surface area contributed by atoms with Crippen molar-refractivity contribution >= 4 is 0 Å². The number of hydrogen-bond donors (Lipinski definition) is 0. The molecule has 0 aliphatic rings. The SMILES string of the molecule is C=C[CH-]C=C.[CH3-].[CH3-].[CH3-].[Pt+4].[Pt]. The van der Waals surface area contributed by atoms with E-state index in [1.54, 1.807) is 18.6 Å². The summed E-state index contributed by atoms with van der Waals surface area (Å²) in [6, 6.07) is 0. The van der Waals surface area contributed by atoms with Crippen molar-refractivity contribution in [2.75, 3.05) is 0 Å². The van der Waals surface area contributed by atoms with Crippen molar-refractivity contribution in [2.45, 2.75) is 0 Å². The fourth-order valence-electron chi connectivity index (χ4n) is 0.0962. The minimum Gasteiger partial charge on any atom is -0.358 e. The first-order chi connectivity index (χ1) is 2.41. The van der Waals surface area contributed by atoms with Crippen molar-refractivity contribution in [1.82, 2.24) is 0 Å². The van der Waals surface area contributed by atoms with Gasteiger partial charge in [-0.3, -0.25) is 0 Å². The maximum atomic E-state index is 3.42. The molecular formula is C8H16Pt2. The van der Waals surface area contributed by atoms with Crippen LogP contribution in [0.15, 0.2) is 25.3 Å². The minimum absolute atomic E-state index is 0. The normalized spacial score (nSPS) is 2.80. The summed E-state index contributed by atoms with van der Waals surface area (Å²) in [5.74, 6) is 0. The molecular weight excluding hydrogens is 486 g/mol. The topological polar surface area (TPSA) is 0 Å². The molecule has 0 aromatic carbocycles. The molecule has 0 saturated carbocycles. The molecule has 0 aliphatic carbocycles. The van der Waals surface area contributed by atoms with Crippen molar-refractivity contribution in [3.8, 4) is 0 Å². The van der Waals surface area contributed by atoms with Crippen LogP contribution < -0.4 is 0 Å². The van der Waals surface area contributed by atoms with Gasteiger partial charge in [0.05, 0.1) is 0 Å². The van der Waals surface area contributed by atoms with E-state index < -0.39 is 0 Å². The predicted octanol–water partition coefficient (Wildman–Crippen LogP) is 2.91. The van der Waals surface area contributed by atoms with Crippen LogP contribution in [0, 0.1) is 28.7 Å². The molecule has 68 valence electrons. The van der Waals surface area contributed by atoms with Crippen LogP contribution in [-0.2, 0) is 42.1 Å². The van der Waals surface area contributed by atoms with Gasteiger partial charge in [-0.1, -0.05) is 0 Å². The van der Waals surface area contributed by atoms with E-state index in [1.165, 1.54) is 0 Å². The zero-order valence-electron chi connectivity index (χ0n) is 6.78. The third-order valence-electron chi connectivity index (χ3n) is 0.272. The van der Waals surface area contributed by atoms with Gasteiger partial charge in [-0.25, -0.2) is 0 Å². The van der Waals surface area contributed by atoms with Crippen LogP contribution in [0.4, 0.5) is 0 Å². The van der Waals surface area contributed by atoms with Gasteiger partial charge >= 0.3 is 21.1 Å². The Bertz CT molecular complexity index is 36.5. The third-order valence-corrected chi connectivity index (χ3v) is 0.272. The van der Waals surface area contributed by atoms with E-state index in [2.05, 4.69) is 13.2 Å². The Kier molecular flexibility index (Phi) is 242. The summed E-state index contributed by atoms with van der Waals surface area (Å²) in [6.07, 6.45) is 5.15. The van der Waals surface area contributed by atoms with E-state index in [9.17, 15) is 0 Å². The molecule has 0 atom stereocenters. The van der Waals surface area contributed by atoms with Crippen LogP contribution in [0.5, 0.6) is 0 Å². The Labute approximate surface area is 95.7 Å². The number of hydrogen-bond acceptors (Lipinski definition) is 0. The fourth-order valence-corrected chi connectivity index (χ4v) is 0.0962. The van der Waals surface area contributed by atoms with E-state index in [0.29, 0.717) is 0 Å². The van der Waals surface area contributed by atoms with E-state index >= 15 is 0 Å². The first-order valence-corrected chi connectivity index (χ1v) is 1.48. The van der Waals surface area contributed by atoms with Crippen molar-refractivity contribution in [3.63, 3.8) is 0 Å². The molecule has 0 saturated heterocycles. The molecule has 0 amide bonds. The van der Waals surface area contributed by atoms with Crippen LogP contribution >= 0.6 is 0 Å². The van der Waals surface area contributed by atoms with Crippen molar-refractivity contribution < 1.29 is 42.1 Å². The number of allylic oxidation sites excluding steroid dienone is 2. The smallest absolute Gasteiger partial charge is 0.358 e. The molecule has 0 rings (SSSR count). The standard InChI is InChI=1S/C5H7.3CH3.2Pt/c1-3-5-4-2;;;;;/h3-5H,1-2H2;3*1H3;;/q4*-1;;+4. The second-order valence-corrected chi connectivity index (χ2v) is 0.664. The summed E-state index contributed by atoms with van der Waals surface area (Å²) >= 11 is 0. The Morgan fingerprint density at radius 2 is 1.10 bits per heavy atom. The van der Waals surface area contributed by atoms with Gasteiger partial charge in [0, 0.05) is 21.1 Å². The molecule has 0 unspecified atom stereocenters. The molecule has 0 aromatic heterocycles. The first-order valence-electron chi connectivity index (χ1n) is 1.48. The molecule has 0 aromatic rings. The van der Waals surface area contributed by atoms with E-state index in [0.717, 1.165) is 0 Å². The molecule has 0 bridgehead atoms. The summed E-state index contributed by atoms with van der Waals surface area (Å²) in [6.45, 7) is 6.85. The summed E-state index contributed by atoms with van der Waals surface area (Å²) in [5, 5.41) is 0. The van der Waals surface area contributed by atoms with Crippen LogP contribution in [0.2, 0.25) is 0 Å². The molecule has 0 spiro atoms. The van der Waals surface area contributed by atoms with Crippen molar-refractivity contribution in [1.29, 1.82) is 0 Å². The van der Waals surface area contributed by atoms with Gasteiger partial charge in [0.15, 0.2) is 0 Å². The van der Waals surface area contributed by atoms with Gasteiger partial charge in [-0.2, -0.15) is 31.7 Å². The Morgan fingerprint density at radius 1 is 0.900 bits per heavy atom. The van der Waals surface area contributed by atoms with Gasteiger partial charge in [0.25, 0.3) is 0 Å². The maximum Gasteiger partial charge on any atom is 4.00 e. The van der Waals surface area contributed by atoms with E-state index in [4.69, 9.17) is 0 Å². The van der Waals surface area contributed by atoms with E-state index in [1.807, 2.05) is 0 Å². The zero-order valence-corrected chi connectivity index (χ0v) is 11.3. The second kappa shape index (κ2) is 53.3. The van der Waals surface area contributed by atoms with Gasteiger partial charge < -0.3 is 22.3 Å². The summed E-state index contributed by atoms with van der Waals surface area (Å²) in [7, 11) is 0. The third kappa shape index (κ3) is 70.1. The maximum absolute atomic E-state index is 3.42. The minimum atomic E-state index is 0. The molecule has 0 aliphatic heterocycles. The molecule has 0 heterocycles. The predicted molar refractivity (Wildman–Crippen MR) is 43.9 cm³/mol. The van der Waals surface area contributed by atoms with Crippen LogP contribution in [-0.4, -0.2) is 0 Å². The van der Waals surface area contributed by atoms with E-state index in [-0.39, 0.29) is 64.4 Å². The molecule has 0 radical (unpaired) electrons. The van der Waals surface area contributed by atoms with Crippen LogP contribution in [0.1, 0.15) is 0 Å². The monoisotopic (exact) mass is 502 g/mol. The Hall–Kier alpha value is 0.727. The second-order valence-electron chi connectivity index (χ2n) is 0.664. The summed E-state index contributed by atoms with van der Waals surface area (Å²) in [5.41, 5.74) is 0. The largest absolute Gasteiger partial charge is 4.00 e. The summed E-state index contributed by atoms with van der Waals surface area (Å²) in [4.78, 5) is 0. The molecule has 0 N–H and O–H groups in total. The Morgan fingerprint density at radius 3 is 1.10 bits per heavy atom. The van der Waals surface area contributed by atoms with Gasteiger partial charge in [-0.15, -0.1) is 0 Å². The number of rotatable bonds is 2. The van der Waals surface area contributed by atoms with Crippen LogP contribution in [0.25, 0.3) is 0 Å². The first kappa shape index (κ1) is 45.4. The van der Waals surface area contributed by atoms with Gasteiger partial charge in [-0.05, 0) is 0 Å². The van der Waals surface area contributed by atoms with Crippen molar-refractivity contribution in [2.24, 2.45) is 0 Å². The average Bonchev–Trinajstić information content (AvgIpc) is 1.41. The molecule has 10 heavy (non-hydrogen) atoms. The van der Waals surface area contributed by atoms with Crippen molar-refractivity contribution in [3.05, 3.63) is 54.0 Å². The summed E-state index contributed by atoms with van der Waals surface area (Å²) < 4.78 is 0. The molecule has 2 heteroatoms. The molecule has 0 nitrogen and oxygen atoms in total. The molecule has 0 fully saturated rings. The Balaban J connectivity index is -0.00000000800. The quantitative estimate of drug-likeness (QED) is 0.510. The van der Waals surface area contributed by atoms with Crippen LogP contribution in [0.3, 0.4) is 0 Å². The zero-order chi connectivity index (χ0) is 4.12.